The summed E-state index contributed by atoms with van der Waals surface area (Å²) in [7, 11) is 0. The highest BCUT2D eigenvalue weighted by atomic mass is 14.8. The van der Waals surface area contributed by atoms with Crippen molar-refractivity contribution < 1.29 is 0 Å². The molecule has 1 aromatic heterocycles. The molecule has 0 spiro atoms. The van der Waals surface area contributed by atoms with Gasteiger partial charge in [-0.2, -0.15) is 0 Å². The van der Waals surface area contributed by atoms with Gasteiger partial charge in [0.2, 0.25) is 0 Å². The van der Waals surface area contributed by atoms with Gasteiger partial charge in [-0.3, -0.25) is 0 Å². The molecule has 2 aromatic rings. The molecule has 0 aliphatic heterocycles. The van der Waals surface area contributed by atoms with E-state index in [2.05, 4.69) is 21.8 Å². The van der Waals surface area contributed by atoms with Crippen molar-refractivity contribution >= 4 is 0 Å². The van der Waals surface area contributed by atoms with Gasteiger partial charge in [0.15, 0.2) is 0 Å². The lowest BCUT2D eigenvalue weighted by atomic mass is 10.2. The summed E-state index contributed by atoms with van der Waals surface area (Å²) in [6.45, 7) is 0. The molecule has 2 nitrogen and oxygen atoms in total. The summed E-state index contributed by atoms with van der Waals surface area (Å²) in [6.07, 6.45) is 3.39. The predicted octanol–water partition coefficient (Wildman–Crippen LogP) is 1.81. The smallest absolute Gasteiger partial charge is 0.131 e. The predicted molar refractivity (Wildman–Crippen MR) is 51.0 cm³/mol. The van der Waals surface area contributed by atoms with Gasteiger partial charge in [-0.15, -0.1) is 0 Å². The van der Waals surface area contributed by atoms with Gasteiger partial charge in [0.05, 0.1) is 6.33 Å². The monoisotopic (exact) mass is 168 g/mol. The molecule has 0 saturated carbocycles. The molecule has 1 heterocycles. The van der Waals surface area contributed by atoms with Gasteiger partial charge in [-0.1, -0.05) is 24.1 Å². The Morgan fingerprint density at radius 2 is 1.92 bits per heavy atom. The lowest BCUT2D eigenvalue weighted by molar-refractivity contribution is 1.30. The second kappa shape index (κ2) is 3.59. The molecule has 1 N–H and O–H groups in total. The van der Waals surface area contributed by atoms with Gasteiger partial charge in [0.25, 0.3) is 0 Å². The minimum absolute atomic E-state index is 0.767. The molecule has 0 aliphatic carbocycles. The molecule has 0 bridgehead atoms. The molecule has 0 unspecified atom stereocenters. The van der Waals surface area contributed by atoms with Gasteiger partial charge in [-0.25, -0.2) is 4.98 Å². The van der Waals surface area contributed by atoms with E-state index in [1.54, 1.807) is 12.5 Å². The van der Waals surface area contributed by atoms with Gasteiger partial charge in [0.1, 0.15) is 5.69 Å². The number of aromatic nitrogens is 2. The highest BCUT2D eigenvalue weighted by Crippen LogP contribution is 1.95. The third-order valence-electron chi connectivity index (χ3n) is 1.61. The van der Waals surface area contributed by atoms with E-state index in [0.29, 0.717) is 0 Å². The van der Waals surface area contributed by atoms with Gasteiger partial charge < -0.3 is 4.98 Å². The summed E-state index contributed by atoms with van der Waals surface area (Å²) in [4.78, 5) is 6.85. The van der Waals surface area contributed by atoms with Crippen LogP contribution in [0.2, 0.25) is 0 Å². The minimum atomic E-state index is 0.767. The van der Waals surface area contributed by atoms with Crippen molar-refractivity contribution in [1.29, 1.82) is 0 Å². The highest BCUT2D eigenvalue weighted by molar-refractivity contribution is 5.38. The first-order valence-electron chi connectivity index (χ1n) is 4.01. The Hall–Kier alpha value is -2.01. The van der Waals surface area contributed by atoms with Gasteiger partial charge >= 0.3 is 0 Å². The quantitative estimate of drug-likeness (QED) is 0.597. The van der Waals surface area contributed by atoms with Crippen LogP contribution in [0, 0.1) is 11.8 Å². The fourth-order valence-electron chi connectivity index (χ4n) is 0.986. The topological polar surface area (TPSA) is 28.7 Å². The fraction of sp³-hybridized carbons (Fsp3) is 0. The van der Waals surface area contributed by atoms with E-state index >= 15 is 0 Å². The van der Waals surface area contributed by atoms with Crippen molar-refractivity contribution in [2.75, 3.05) is 0 Å². The van der Waals surface area contributed by atoms with Crippen LogP contribution in [0.15, 0.2) is 42.9 Å². The molecule has 0 radical (unpaired) electrons. The minimum Gasteiger partial charge on any atom is -0.350 e. The van der Waals surface area contributed by atoms with Crippen molar-refractivity contribution in [2.24, 2.45) is 0 Å². The number of benzene rings is 1. The Kier molecular flexibility index (Phi) is 2.11. The number of nitrogens with one attached hydrogen (secondary N) is 1. The maximum Gasteiger partial charge on any atom is 0.131 e. The second-order valence-corrected chi connectivity index (χ2v) is 2.57. The summed E-state index contributed by atoms with van der Waals surface area (Å²) < 4.78 is 0. The molecular formula is C11H8N2. The third-order valence-corrected chi connectivity index (χ3v) is 1.61. The standard InChI is InChI=1S/C11H8N2/c1-2-4-10(5-3-1)6-7-11-8-12-9-13-11/h1-5,8-9H,(H,12,13). The first-order chi connectivity index (χ1) is 6.45. The first-order valence-corrected chi connectivity index (χ1v) is 4.01. The summed E-state index contributed by atoms with van der Waals surface area (Å²) in [5.74, 6) is 5.96. The van der Waals surface area contributed by atoms with E-state index in [1.165, 1.54) is 0 Å². The molecule has 2 heteroatoms. The Morgan fingerprint density at radius 3 is 2.62 bits per heavy atom. The van der Waals surface area contributed by atoms with Crippen molar-refractivity contribution in [3.8, 4) is 11.8 Å². The number of imidazole rings is 1. The van der Waals surface area contributed by atoms with Crippen LogP contribution in [0.4, 0.5) is 0 Å². The summed E-state index contributed by atoms with van der Waals surface area (Å²) in [5, 5.41) is 0. The maximum absolute atomic E-state index is 4.00. The molecule has 0 aliphatic rings. The Bertz CT molecular complexity index is 418. The van der Waals surface area contributed by atoms with Crippen LogP contribution >= 0.6 is 0 Å². The summed E-state index contributed by atoms with van der Waals surface area (Å²) in [5.41, 5.74) is 1.77. The van der Waals surface area contributed by atoms with Crippen LogP contribution in [0.25, 0.3) is 0 Å². The molecule has 13 heavy (non-hydrogen) atoms. The van der Waals surface area contributed by atoms with E-state index in [1.807, 2.05) is 30.3 Å². The van der Waals surface area contributed by atoms with Crippen molar-refractivity contribution in [3.05, 3.63) is 54.1 Å². The molecule has 0 amide bonds. The first kappa shape index (κ1) is 7.63. The highest BCUT2D eigenvalue weighted by Gasteiger charge is 1.85. The fourth-order valence-corrected chi connectivity index (χ4v) is 0.986. The SMILES string of the molecule is C(#Cc1c[nH]cn1)c1ccccc1. The molecule has 0 saturated heterocycles. The molecule has 62 valence electrons. The zero-order chi connectivity index (χ0) is 8.93. The second-order valence-electron chi connectivity index (χ2n) is 2.57. The maximum atomic E-state index is 4.00. The number of rotatable bonds is 0. The van der Waals surface area contributed by atoms with Gasteiger partial charge in [-0.05, 0) is 18.1 Å². The van der Waals surface area contributed by atoms with Crippen LogP contribution in [0.5, 0.6) is 0 Å². The Labute approximate surface area is 76.6 Å². The lowest BCUT2D eigenvalue weighted by Crippen LogP contribution is -1.73. The van der Waals surface area contributed by atoms with E-state index in [9.17, 15) is 0 Å². The molecule has 0 fully saturated rings. The Morgan fingerprint density at radius 1 is 1.08 bits per heavy atom. The molecule has 0 atom stereocenters. The van der Waals surface area contributed by atoms with Crippen molar-refractivity contribution in [1.82, 2.24) is 9.97 Å². The Balaban J connectivity index is 2.23. The third kappa shape index (κ3) is 1.97. The van der Waals surface area contributed by atoms with Crippen molar-refractivity contribution in [2.45, 2.75) is 0 Å². The normalized spacial score (nSPS) is 8.92. The average Bonchev–Trinajstić information content (AvgIpc) is 2.69. The van der Waals surface area contributed by atoms with Crippen LogP contribution in [-0.4, -0.2) is 9.97 Å². The lowest BCUT2D eigenvalue weighted by Gasteiger charge is -1.84. The number of nitrogens with zero attached hydrogens (tertiary/aromatic N) is 1. The zero-order valence-corrected chi connectivity index (χ0v) is 6.99. The summed E-state index contributed by atoms with van der Waals surface area (Å²) >= 11 is 0. The molecular weight excluding hydrogens is 160 g/mol. The van der Waals surface area contributed by atoms with Gasteiger partial charge in [0, 0.05) is 11.8 Å². The number of hydrogen-bond acceptors (Lipinski definition) is 1. The molecule has 2 rings (SSSR count). The van der Waals surface area contributed by atoms with E-state index in [4.69, 9.17) is 0 Å². The average molecular weight is 168 g/mol. The van der Waals surface area contributed by atoms with E-state index in [0.717, 1.165) is 11.3 Å². The van der Waals surface area contributed by atoms with Crippen LogP contribution in [0.1, 0.15) is 11.3 Å². The number of aromatic amines is 1. The van der Waals surface area contributed by atoms with Crippen LogP contribution in [0.3, 0.4) is 0 Å². The largest absolute Gasteiger partial charge is 0.350 e. The number of hydrogen-bond donors (Lipinski definition) is 1. The zero-order valence-electron chi connectivity index (χ0n) is 6.99. The summed E-state index contributed by atoms with van der Waals surface area (Å²) in [6, 6.07) is 9.85. The van der Waals surface area contributed by atoms with Crippen LogP contribution in [-0.2, 0) is 0 Å². The van der Waals surface area contributed by atoms with E-state index < -0.39 is 0 Å². The number of H-pyrrole nitrogens is 1. The van der Waals surface area contributed by atoms with E-state index in [-0.39, 0.29) is 0 Å². The molecule has 1 aromatic carbocycles. The van der Waals surface area contributed by atoms with Crippen LogP contribution < -0.4 is 0 Å². The van der Waals surface area contributed by atoms with Crippen molar-refractivity contribution in [3.63, 3.8) is 0 Å².